The molecule has 0 saturated carbocycles. The summed E-state index contributed by atoms with van der Waals surface area (Å²) in [5.41, 5.74) is -0.724. The predicted octanol–water partition coefficient (Wildman–Crippen LogP) is 1.99. The summed E-state index contributed by atoms with van der Waals surface area (Å²) in [5.74, 6) is 0.471. The minimum Gasteiger partial charge on any atom is -0.488 e. The Bertz CT molecular complexity index is 939. The van der Waals surface area contributed by atoms with Crippen molar-refractivity contribution in [3.63, 3.8) is 0 Å². The number of carbonyl (C=O) groups is 1. The van der Waals surface area contributed by atoms with Gasteiger partial charge >= 0.3 is 5.97 Å². The molecule has 2 rings (SSSR count). The molecule has 0 amide bonds. The smallest absolute Gasteiger partial charge is 0.338 e. The van der Waals surface area contributed by atoms with Gasteiger partial charge in [0, 0.05) is 11.0 Å². The van der Waals surface area contributed by atoms with E-state index >= 15 is 0 Å². The van der Waals surface area contributed by atoms with Gasteiger partial charge in [0.2, 0.25) is 0 Å². The van der Waals surface area contributed by atoms with E-state index < -0.39 is 42.7 Å². The summed E-state index contributed by atoms with van der Waals surface area (Å²) >= 11 is 0. The number of benzene rings is 1. The Labute approximate surface area is 269 Å². The largest absolute Gasteiger partial charge is 0.488 e. The Morgan fingerprint density at radius 1 is 0.844 bits per heavy atom. The number of nitrogens with one attached hydrogen (secondary N) is 1. The van der Waals surface area contributed by atoms with Gasteiger partial charge < -0.3 is 55.3 Å². The minimum absolute atomic E-state index is 0.00813. The summed E-state index contributed by atoms with van der Waals surface area (Å²) in [7, 11) is 0. The number of aliphatic hydroxyl groups excluding tert-OH is 7. The SMILES string of the molecule is CC(C)(C)CC(CO)(CO)CO.CC(C)(C)NC1C(O)OC(CO)C(O)C1O.CCCOC(=O)c1ccc(OC(C)(C)C)cc1. The lowest BCUT2D eigenvalue weighted by Gasteiger charge is -2.43. The van der Waals surface area contributed by atoms with Crippen molar-refractivity contribution < 1.29 is 54.8 Å². The van der Waals surface area contributed by atoms with Crippen molar-refractivity contribution in [3.8, 4) is 5.75 Å². The van der Waals surface area contributed by atoms with Crippen molar-refractivity contribution in [2.45, 2.75) is 124 Å². The quantitative estimate of drug-likeness (QED) is 0.172. The Hall–Kier alpha value is -1.87. The fraction of sp³-hybridized carbons (Fsp3) is 0.788. The third-order valence-electron chi connectivity index (χ3n) is 6.36. The molecule has 12 nitrogen and oxygen atoms in total. The van der Waals surface area contributed by atoms with Crippen LogP contribution in [0.25, 0.3) is 0 Å². The maximum Gasteiger partial charge on any atom is 0.338 e. The van der Waals surface area contributed by atoms with Gasteiger partial charge in [-0.3, -0.25) is 0 Å². The zero-order chi connectivity index (χ0) is 35.2. The van der Waals surface area contributed by atoms with Crippen LogP contribution in [-0.2, 0) is 9.47 Å². The van der Waals surface area contributed by atoms with Gasteiger partial charge in [-0.1, -0.05) is 27.7 Å². The number of aliphatic hydroxyl groups is 7. The maximum absolute atomic E-state index is 11.5. The molecule has 8 N–H and O–H groups in total. The van der Waals surface area contributed by atoms with E-state index in [9.17, 15) is 20.1 Å². The highest BCUT2D eigenvalue weighted by Gasteiger charge is 2.44. The Morgan fingerprint density at radius 3 is 1.71 bits per heavy atom. The first-order valence-electron chi connectivity index (χ1n) is 15.4. The van der Waals surface area contributed by atoms with Crippen molar-refractivity contribution in [1.29, 1.82) is 0 Å². The van der Waals surface area contributed by atoms with Crippen LogP contribution in [0.4, 0.5) is 0 Å². The van der Waals surface area contributed by atoms with E-state index in [1.54, 1.807) is 24.3 Å². The molecule has 1 heterocycles. The van der Waals surface area contributed by atoms with Gasteiger partial charge in [0.25, 0.3) is 0 Å². The molecule has 5 unspecified atom stereocenters. The highest BCUT2D eigenvalue weighted by Crippen LogP contribution is 2.32. The molecule has 1 aliphatic rings. The molecule has 5 atom stereocenters. The lowest BCUT2D eigenvalue weighted by molar-refractivity contribution is -0.256. The van der Waals surface area contributed by atoms with Crippen LogP contribution in [0, 0.1) is 10.8 Å². The van der Waals surface area contributed by atoms with Gasteiger partial charge in [0.1, 0.15) is 29.7 Å². The molecule has 1 saturated heterocycles. The molecular weight excluding hydrogens is 586 g/mol. The molecule has 12 heteroatoms. The summed E-state index contributed by atoms with van der Waals surface area (Å²) < 4.78 is 15.7. The molecule has 264 valence electrons. The number of rotatable bonds is 10. The molecule has 0 spiro atoms. The normalized spacial score (nSPS) is 22.4. The molecular formula is C33H61NO11. The standard InChI is InChI=1S/C14H20O3.C10H21NO5.C9H20O3/c1-5-10-16-13(15)11-6-8-12(9-7-11)17-14(2,3)4;1-10(2,3)11-6-8(14)7(13)5(4-12)16-9(6)15;1-8(2,3)4-9(5-10,6-11)7-12/h6-9H,5,10H2,1-4H3;5-9,11-15H,4H2,1-3H3;10-12H,4-7H2,1-3H3. The maximum atomic E-state index is 11.5. The number of esters is 1. The summed E-state index contributed by atoms with van der Waals surface area (Å²) in [6.07, 6.45) is -3.16. The average Bonchev–Trinajstić information content (AvgIpc) is 2.94. The average molecular weight is 648 g/mol. The van der Waals surface area contributed by atoms with Crippen LogP contribution in [0.3, 0.4) is 0 Å². The van der Waals surface area contributed by atoms with Crippen LogP contribution in [0.15, 0.2) is 24.3 Å². The van der Waals surface area contributed by atoms with E-state index in [1.165, 1.54) is 0 Å². The number of carbonyl (C=O) groups excluding carboxylic acids is 1. The van der Waals surface area contributed by atoms with Crippen LogP contribution >= 0.6 is 0 Å². The molecule has 0 radical (unpaired) electrons. The number of hydrogen-bond donors (Lipinski definition) is 8. The molecule has 0 aliphatic carbocycles. The van der Waals surface area contributed by atoms with Crippen LogP contribution in [0.1, 0.15) is 92.4 Å². The molecule has 1 aliphatic heterocycles. The van der Waals surface area contributed by atoms with Gasteiger partial charge in [-0.15, -0.1) is 0 Å². The Morgan fingerprint density at radius 2 is 1.36 bits per heavy atom. The van der Waals surface area contributed by atoms with Crippen molar-refractivity contribution in [1.82, 2.24) is 5.32 Å². The first-order valence-corrected chi connectivity index (χ1v) is 15.4. The van der Waals surface area contributed by atoms with Crippen LogP contribution < -0.4 is 10.1 Å². The van der Waals surface area contributed by atoms with Crippen LogP contribution in [0.5, 0.6) is 5.75 Å². The Kier molecular flexibility index (Phi) is 18.3. The molecule has 45 heavy (non-hydrogen) atoms. The third-order valence-corrected chi connectivity index (χ3v) is 6.36. The van der Waals surface area contributed by atoms with Crippen molar-refractivity contribution in [3.05, 3.63) is 29.8 Å². The van der Waals surface area contributed by atoms with Crippen molar-refractivity contribution in [2.75, 3.05) is 33.0 Å². The van der Waals surface area contributed by atoms with Crippen molar-refractivity contribution >= 4 is 5.97 Å². The molecule has 1 aromatic rings. The van der Waals surface area contributed by atoms with Gasteiger partial charge in [0.15, 0.2) is 6.29 Å². The predicted molar refractivity (Wildman–Crippen MR) is 172 cm³/mol. The molecule has 1 aromatic carbocycles. The van der Waals surface area contributed by atoms with Gasteiger partial charge in [-0.25, -0.2) is 4.79 Å². The van der Waals surface area contributed by atoms with Gasteiger partial charge in [-0.2, -0.15) is 0 Å². The number of ether oxygens (including phenoxy) is 3. The zero-order valence-corrected chi connectivity index (χ0v) is 28.9. The Balaban J connectivity index is 0.000000657. The number of hydrogen-bond acceptors (Lipinski definition) is 12. The first-order chi connectivity index (χ1) is 20.6. The second kappa shape index (κ2) is 19.1. The van der Waals surface area contributed by atoms with E-state index in [0.717, 1.165) is 12.2 Å². The summed E-state index contributed by atoms with van der Waals surface area (Å²) in [6.45, 7) is 19.1. The highest BCUT2D eigenvalue weighted by atomic mass is 16.6. The lowest BCUT2D eigenvalue weighted by Crippen LogP contribution is -2.65. The first kappa shape index (κ1) is 43.1. The summed E-state index contributed by atoms with van der Waals surface area (Å²) in [6, 6.07) is 6.23. The van der Waals surface area contributed by atoms with Gasteiger partial charge in [-0.05, 0) is 84.1 Å². The second-order valence-corrected chi connectivity index (χ2v) is 14.7. The summed E-state index contributed by atoms with van der Waals surface area (Å²) in [4.78, 5) is 11.5. The van der Waals surface area contributed by atoms with E-state index in [4.69, 9.17) is 34.6 Å². The fourth-order valence-electron chi connectivity index (χ4n) is 4.49. The van der Waals surface area contributed by atoms with E-state index in [-0.39, 0.29) is 42.3 Å². The van der Waals surface area contributed by atoms with E-state index in [1.807, 2.05) is 69.2 Å². The highest BCUT2D eigenvalue weighted by molar-refractivity contribution is 5.89. The van der Waals surface area contributed by atoms with E-state index in [0.29, 0.717) is 18.6 Å². The van der Waals surface area contributed by atoms with Crippen molar-refractivity contribution in [2.24, 2.45) is 10.8 Å². The molecule has 0 aromatic heterocycles. The molecule has 0 bridgehead atoms. The van der Waals surface area contributed by atoms with Gasteiger partial charge in [0.05, 0.1) is 44.6 Å². The zero-order valence-electron chi connectivity index (χ0n) is 28.9. The van der Waals surface area contributed by atoms with E-state index in [2.05, 4.69) is 5.32 Å². The monoisotopic (exact) mass is 647 g/mol. The third kappa shape index (κ3) is 17.0. The minimum atomic E-state index is -1.25. The topological polar surface area (TPSA) is 198 Å². The molecule has 1 fully saturated rings. The summed E-state index contributed by atoms with van der Waals surface area (Å²) in [5, 5.41) is 68.0. The lowest BCUT2D eigenvalue weighted by atomic mass is 9.75. The van der Waals surface area contributed by atoms with Crippen LogP contribution in [0.2, 0.25) is 0 Å². The van der Waals surface area contributed by atoms with Crippen LogP contribution in [-0.4, -0.2) is 117 Å². The fourth-order valence-corrected chi connectivity index (χ4v) is 4.49. The second-order valence-electron chi connectivity index (χ2n) is 14.7.